The molecule has 23 heavy (non-hydrogen) atoms. The summed E-state index contributed by atoms with van der Waals surface area (Å²) < 4.78 is 10.8. The topological polar surface area (TPSA) is 59.0 Å². The van der Waals surface area contributed by atoms with Crippen LogP contribution in [0.4, 0.5) is 4.79 Å². The van der Waals surface area contributed by atoms with Crippen molar-refractivity contribution in [2.75, 3.05) is 20.2 Å². The summed E-state index contributed by atoms with van der Waals surface area (Å²) in [6.45, 7) is 9.55. The minimum Gasteiger partial charge on any atom is -0.460 e. The SMILES string of the molecule is C=C(CO)Oc1ccccc1CCCN(C)C(=O)OC(C)(C)C. The fraction of sp³-hybridized carbons (Fsp3) is 0.500. The number of nitrogens with zero attached hydrogens (tertiary/aromatic N) is 1. The van der Waals surface area contributed by atoms with Crippen molar-refractivity contribution >= 4 is 6.09 Å². The lowest BCUT2D eigenvalue weighted by Crippen LogP contribution is -2.34. The van der Waals surface area contributed by atoms with E-state index in [1.165, 1.54) is 0 Å². The van der Waals surface area contributed by atoms with Crippen molar-refractivity contribution in [2.24, 2.45) is 0 Å². The zero-order valence-electron chi connectivity index (χ0n) is 14.5. The summed E-state index contributed by atoms with van der Waals surface area (Å²) >= 11 is 0. The molecule has 0 aliphatic carbocycles. The van der Waals surface area contributed by atoms with Gasteiger partial charge in [-0.05, 0) is 45.2 Å². The maximum Gasteiger partial charge on any atom is 0.410 e. The molecule has 0 heterocycles. The molecular weight excluding hydrogens is 294 g/mol. The molecule has 0 aromatic heterocycles. The van der Waals surface area contributed by atoms with Crippen LogP contribution >= 0.6 is 0 Å². The van der Waals surface area contributed by atoms with Crippen LogP contribution in [0.1, 0.15) is 32.8 Å². The molecule has 0 saturated heterocycles. The minimum atomic E-state index is -0.490. The number of benzene rings is 1. The van der Waals surface area contributed by atoms with E-state index in [-0.39, 0.29) is 12.7 Å². The molecule has 5 heteroatoms. The van der Waals surface area contributed by atoms with Crippen LogP contribution < -0.4 is 4.74 Å². The van der Waals surface area contributed by atoms with Crippen molar-refractivity contribution in [3.05, 3.63) is 42.2 Å². The lowest BCUT2D eigenvalue weighted by atomic mass is 10.1. The zero-order chi connectivity index (χ0) is 17.5. The summed E-state index contributed by atoms with van der Waals surface area (Å²) in [5, 5.41) is 9.01. The fourth-order valence-corrected chi connectivity index (χ4v) is 1.94. The van der Waals surface area contributed by atoms with Gasteiger partial charge in [0.25, 0.3) is 0 Å². The third kappa shape index (κ3) is 7.19. The standard InChI is InChI=1S/C18H27NO4/c1-14(13-20)22-16-11-7-6-9-15(16)10-8-12-19(5)17(21)23-18(2,3)4/h6-7,9,11,20H,1,8,10,12-13H2,2-5H3. The van der Waals surface area contributed by atoms with Crippen LogP contribution in [0.25, 0.3) is 0 Å². The van der Waals surface area contributed by atoms with E-state index in [4.69, 9.17) is 14.6 Å². The Balaban J connectivity index is 2.52. The van der Waals surface area contributed by atoms with Crippen molar-refractivity contribution in [1.82, 2.24) is 4.90 Å². The van der Waals surface area contributed by atoms with Crippen LogP contribution in [0.2, 0.25) is 0 Å². The molecule has 1 aromatic carbocycles. The Hall–Kier alpha value is -2.01. The predicted molar refractivity (Wildman–Crippen MR) is 90.5 cm³/mol. The molecule has 128 valence electrons. The van der Waals surface area contributed by atoms with E-state index in [2.05, 4.69) is 6.58 Å². The van der Waals surface area contributed by atoms with E-state index in [9.17, 15) is 4.79 Å². The van der Waals surface area contributed by atoms with E-state index >= 15 is 0 Å². The number of aryl methyl sites for hydroxylation is 1. The highest BCUT2D eigenvalue weighted by molar-refractivity contribution is 5.67. The molecule has 0 unspecified atom stereocenters. The largest absolute Gasteiger partial charge is 0.460 e. The number of aliphatic hydroxyl groups is 1. The summed E-state index contributed by atoms with van der Waals surface area (Å²) in [4.78, 5) is 13.5. The molecule has 0 atom stereocenters. The lowest BCUT2D eigenvalue weighted by molar-refractivity contribution is 0.0297. The highest BCUT2D eigenvalue weighted by Crippen LogP contribution is 2.21. The van der Waals surface area contributed by atoms with Crippen molar-refractivity contribution in [3.8, 4) is 5.75 Å². The predicted octanol–water partition coefficient (Wildman–Crippen LogP) is 3.37. The van der Waals surface area contributed by atoms with Crippen molar-refractivity contribution in [2.45, 2.75) is 39.2 Å². The van der Waals surface area contributed by atoms with E-state index in [1.807, 2.05) is 45.0 Å². The van der Waals surface area contributed by atoms with Gasteiger partial charge in [0.2, 0.25) is 0 Å². The molecule has 0 radical (unpaired) electrons. The number of carbonyl (C=O) groups excluding carboxylic acids is 1. The Morgan fingerprint density at radius 1 is 1.30 bits per heavy atom. The molecular formula is C18H27NO4. The Morgan fingerprint density at radius 2 is 1.96 bits per heavy atom. The van der Waals surface area contributed by atoms with Gasteiger partial charge in [0.05, 0.1) is 0 Å². The quantitative estimate of drug-likeness (QED) is 0.782. The Morgan fingerprint density at radius 3 is 2.57 bits per heavy atom. The first-order valence-electron chi connectivity index (χ1n) is 7.71. The highest BCUT2D eigenvalue weighted by Gasteiger charge is 2.19. The molecule has 1 N–H and O–H groups in total. The number of hydrogen-bond acceptors (Lipinski definition) is 4. The van der Waals surface area contributed by atoms with Gasteiger partial charge in [0.1, 0.15) is 23.7 Å². The minimum absolute atomic E-state index is 0.213. The lowest BCUT2D eigenvalue weighted by Gasteiger charge is -2.24. The van der Waals surface area contributed by atoms with Gasteiger partial charge >= 0.3 is 6.09 Å². The van der Waals surface area contributed by atoms with Gasteiger partial charge in [-0.15, -0.1) is 0 Å². The number of carbonyl (C=O) groups is 1. The fourth-order valence-electron chi connectivity index (χ4n) is 1.94. The molecule has 1 rings (SSSR count). The summed E-state index contributed by atoms with van der Waals surface area (Å²) in [7, 11) is 1.73. The second-order valence-corrected chi connectivity index (χ2v) is 6.41. The van der Waals surface area contributed by atoms with Crippen LogP contribution in [0.3, 0.4) is 0 Å². The third-order valence-electron chi connectivity index (χ3n) is 3.05. The van der Waals surface area contributed by atoms with Gasteiger partial charge in [0.15, 0.2) is 0 Å². The summed E-state index contributed by atoms with van der Waals surface area (Å²) in [5.74, 6) is 0.995. The second-order valence-electron chi connectivity index (χ2n) is 6.41. The summed E-state index contributed by atoms with van der Waals surface area (Å²) in [6.07, 6.45) is 1.21. The number of amides is 1. The molecule has 0 aliphatic heterocycles. The van der Waals surface area contributed by atoms with Gasteiger partial charge in [-0.25, -0.2) is 4.79 Å². The van der Waals surface area contributed by atoms with E-state index in [1.54, 1.807) is 11.9 Å². The van der Waals surface area contributed by atoms with Gasteiger partial charge in [-0.2, -0.15) is 0 Å². The Labute approximate surface area is 138 Å². The molecule has 5 nitrogen and oxygen atoms in total. The van der Waals surface area contributed by atoms with Crippen molar-refractivity contribution in [1.29, 1.82) is 0 Å². The molecule has 0 spiro atoms. The normalized spacial score (nSPS) is 11.0. The first-order valence-corrected chi connectivity index (χ1v) is 7.71. The number of hydrogen-bond donors (Lipinski definition) is 1. The number of para-hydroxylation sites is 1. The summed E-state index contributed by atoms with van der Waals surface area (Å²) in [6, 6.07) is 7.61. The van der Waals surface area contributed by atoms with Crippen molar-refractivity contribution < 1.29 is 19.4 Å². The highest BCUT2D eigenvalue weighted by atomic mass is 16.6. The van der Waals surface area contributed by atoms with E-state index in [0.717, 1.165) is 18.4 Å². The van der Waals surface area contributed by atoms with E-state index in [0.29, 0.717) is 18.1 Å². The van der Waals surface area contributed by atoms with Crippen molar-refractivity contribution in [3.63, 3.8) is 0 Å². The molecule has 0 saturated carbocycles. The van der Waals surface area contributed by atoms with Gasteiger partial charge in [0, 0.05) is 13.6 Å². The molecule has 1 amide bonds. The molecule has 0 bridgehead atoms. The maximum atomic E-state index is 11.9. The smallest absolute Gasteiger partial charge is 0.410 e. The van der Waals surface area contributed by atoms with Crippen LogP contribution in [0.15, 0.2) is 36.6 Å². The number of aliphatic hydroxyl groups excluding tert-OH is 1. The number of rotatable bonds is 7. The van der Waals surface area contributed by atoms with Crippen LogP contribution in [0, 0.1) is 0 Å². The Bertz CT molecular complexity index is 534. The van der Waals surface area contributed by atoms with Gasteiger partial charge in [-0.3, -0.25) is 0 Å². The van der Waals surface area contributed by atoms with Crippen LogP contribution in [-0.4, -0.2) is 41.9 Å². The summed E-state index contributed by atoms with van der Waals surface area (Å²) in [5.41, 5.74) is 0.524. The molecule has 1 aromatic rings. The Kier molecular flexibility index (Phi) is 7.10. The van der Waals surface area contributed by atoms with Gasteiger partial charge in [-0.1, -0.05) is 24.8 Å². The zero-order valence-corrected chi connectivity index (χ0v) is 14.5. The maximum absolute atomic E-state index is 11.9. The average Bonchev–Trinajstić information content (AvgIpc) is 2.46. The first-order chi connectivity index (χ1) is 10.7. The molecule has 0 fully saturated rings. The average molecular weight is 321 g/mol. The van der Waals surface area contributed by atoms with Crippen LogP contribution in [0.5, 0.6) is 5.75 Å². The van der Waals surface area contributed by atoms with Crippen LogP contribution in [-0.2, 0) is 11.2 Å². The monoisotopic (exact) mass is 321 g/mol. The van der Waals surface area contributed by atoms with Gasteiger partial charge < -0.3 is 19.5 Å². The number of ether oxygens (including phenoxy) is 2. The third-order valence-corrected chi connectivity index (χ3v) is 3.05. The first kappa shape index (κ1) is 19.0. The van der Waals surface area contributed by atoms with E-state index < -0.39 is 5.60 Å². The molecule has 0 aliphatic rings. The second kappa shape index (κ2) is 8.58.